The van der Waals surface area contributed by atoms with Crippen LogP contribution in [0.1, 0.15) is 54.4 Å². The molecule has 4 aromatic carbocycles. The van der Waals surface area contributed by atoms with E-state index in [0.717, 1.165) is 62.8 Å². The number of carboxylic acid groups (broad SMARTS) is 1. The maximum Gasteiger partial charge on any atom is 0.306 e. The van der Waals surface area contributed by atoms with Gasteiger partial charge >= 0.3 is 5.97 Å². The van der Waals surface area contributed by atoms with Crippen LogP contribution in [0.25, 0.3) is 50.3 Å². The monoisotopic (exact) mass is 770 g/mol. The smallest absolute Gasteiger partial charge is 0.306 e. The molecule has 2 atom stereocenters. The van der Waals surface area contributed by atoms with E-state index in [9.17, 15) is 20.3 Å². The predicted molar refractivity (Wildman–Crippen MR) is 214 cm³/mol. The lowest BCUT2D eigenvalue weighted by atomic mass is 9.86. The van der Waals surface area contributed by atoms with Gasteiger partial charge in [-0.15, -0.1) is 0 Å². The molecule has 294 valence electrons. The van der Waals surface area contributed by atoms with Crippen LogP contribution >= 0.6 is 0 Å². The lowest BCUT2D eigenvalue weighted by Gasteiger charge is -2.29. The fourth-order valence-corrected chi connectivity index (χ4v) is 8.31. The average molecular weight is 771 g/mol. The Morgan fingerprint density at radius 3 is 2.42 bits per heavy atom. The number of aliphatic carboxylic acids is 1. The van der Waals surface area contributed by atoms with Crippen molar-refractivity contribution in [3.05, 3.63) is 89.1 Å². The highest BCUT2D eigenvalue weighted by Gasteiger charge is 2.27. The number of aromatic nitrogens is 3. The number of nitrogens with one attached hydrogen (secondary N) is 2. The minimum atomic E-state index is -0.716. The molecule has 8 rings (SSSR count). The van der Waals surface area contributed by atoms with Crippen molar-refractivity contribution < 1.29 is 33.6 Å². The standard InChI is InChI=1S/C44H46N6O7/c1-25-31(6-4-7-32(25)43-49-37-17-26(16-28(20-45)42(37)57-43)21-46-29-12-10-27(11-13-29)44(52)53)33-8-5-9-38-34(33)23-48-50(38)30-18-40(54-2)35(41(19-30)55-3)22-47-36-14-15-56-24-39(36)51/h4-9,16-19,23,27,29,36,39,46-47,51H,10-15,21-22,24H2,1-3H3,(H,52,53)/t27?,29?,36-,39-/m0/s1. The van der Waals surface area contributed by atoms with Gasteiger partial charge in [0.05, 0.1) is 61.4 Å². The molecule has 1 aliphatic carbocycles. The summed E-state index contributed by atoms with van der Waals surface area (Å²) in [5.74, 6) is 0.732. The SMILES string of the molecule is COc1cc(-n2ncc3c(-c4cccc(-c5nc6cc(CNC7CCC(C(=O)O)CC7)cc(C#N)c6o5)c4C)cccc32)cc(OC)c1CN[C@H]1CCOC[C@@H]1O. The number of oxazole rings is 1. The number of hydrogen-bond donors (Lipinski definition) is 4. The van der Waals surface area contributed by atoms with E-state index in [4.69, 9.17) is 28.7 Å². The average Bonchev–Trinajstić information content (AvgIpc) is 3.87. The lowest BCUT2D eigenvalue weighted by Crippen LogP contribution is -2.46. The number of rotatable bonds is 12. The van der Waals surface area contributed by atoms with Gasteiger partial charge in [-0.2, -0.15) is 10.4 Å². The van der Waals surface area contributed by atoms with Gasteiger partial charge in [0.1, 0.15) is 23.1 Å². The molecule has 1 aliphatic heterocycles. The van der Waals surface area contributed by atoms with Crippen molar-refractivity contribution in [3.8, 4) is 45.8 Å². The quantitative estimate of drug-likeness (QED) is 0.104. The van der Waals surface area contributed by atoms with Crippen LogP contribution in [-0.2, 0) is 22.6 Å². The summed E-state index contributed by atoms with van der Waals surface area (Å²) in [6, 6.07) is 22.3. The van der Waals surface area contributed by atoms with Crippen LogP contribution in [-0.4, -0.2) is 76.6 Å². The number of ether oxygens (including phenoxy) is 3. The Morgan fingerprint density at radius 1 is 0.965 bits per heavy atom. The molecule has 3 heterocycles. The van der Waals surface area contributed by atoms with Crippen molar-refractivity contribution in [3.63, 3.8) is 0 Å². The van der Waals surface area contributed by atoms with Crippen molar-refractivity contribution in [2.75, 3.05) is 27.4 Å². The normalized spacial score (nSPS) is 19.8. The molecular formula is C44H46N6O7. The van der Waals surface area contributed by atoms with Gasteiger partial charge in [-0.05, 0) is 85.5 Å². The van der Waals surface area contributed by atoms with Gasteiger partial charge in [0, 0.05) is 54.9 Å². The van der Waals surface area contributed by atoms with Crippen LogP contribution < -0.4 is 20.1 Å². The Labute approximate surface area is 330 Å². The van der Waals surface area contributed by atoms with E-state index in [1.54, 1.807) is 14.2 Å². The van der Waals surface area contributed by atoms with Gasteiger partial charge in [0.25, 0.3) is 0 Å². The van der Waals surface area contributed by atoms with E-state index in [1.807, 2.05) is 66.3 Å². The predicted octanol–water partition coefficient (Wildman–Crippen LogP) is 6.67. The Morgan fingerprint density at radius 2 is 1.70 bits per heavy atom. The molecule has 13 heteroatoms. The van der Waals surface area contributed by atoms with E-state index in [2.05, 4.69) is 28.8 Å². The summed E-state index contributed by atoms with van der Waals surface area (Å²) in [5, 5.41) is 42.6. The Kier molecular flexibility index (Phi) is 10.9. The van der Waals surface area contributed by atoms with Crippen LogP contribution in [0.3, 0.4) is 0 Å². The van der Waals surface area contributed by atoms with Crippen molar-refractivity contribution >= 4 is 28.0 Å². The molecule has 13 nitrogen and oxygen atoms in total. The molecule has 2 fully saturated rings. The molecule has 1 saturated heterocycles. The summed E-state index contributed by atoms with van der Waals surface area (Å²) in [4.78, 5) is 16.3. The minimum Gasteiger partial charge on any atom is -0.496 e. The molecule has 1 saturated carbocycles. The number of methoxy groups -OCH3 is 2. The first-order valence-electron chi connectivity index (χ1n) is 19.4. The van der Waals surface area contributed by atoms with E-state index in [-0.39, 0.29) is 18.0 Å². The second-order valence-electron chi connectivity index (χ2n) is 14.9. The largest absolute Gasteiger partial charge is 0.496 e. The van der Waals surface area contributed by atoms with Crippen LogP contribution in [0.4, 0.5) is 0 Å². The summed E-state index contributed by atoms with van der Waals surface area (Å²) in [5.41, 5.74) is 8.68. The van der Waals surface area contributed by atoms with E-state index in [0.29, 0.717) is 79.6 Å². The molecular weight excluding hydrogens is 725 g/mol. The number of benzene rings is 4. The zero-order chi connectivity index (χ0) is 39.6. The fraction of sp³-hybridized carbons (Fsp3) is 0.364. The zero-order valence-electron chi connectivity index (χ0n) is 32.2. The molecule has 2 aliphatic rings. The third kappa shape index (κ3) is 7.57. The number of carbonyl (C=O) groups is 1. The maximum atomic E-state index is 11.4. The van der Waals surface area contributed by atoms with Gasteiger partial charge in [0.2, 0.25) is 5.89 Å². The van der Waals surface area contributed by atoms with Crippen LogP contribution in [0.2, 0.25) is 0 Å². The highest BCUT2D eigenvalue weighted by Crippen LogP contribution is 2.39. The summed E-state index contributed by atoms with van der Waals surface area (Å²) >= 11 is 0. The van der Waals surface area contributed by atoms with E-state index < -0.39 is 12.1 Å². The third-order valence-electron chi connectivity index (χ3n) is 11.5. The molecule has 4 N–H and O–H groups in total. The van der Waals surface area contributed by atoms with E-state index >= 15 is 0 Å². The maximum absolute atomic E-state index is 11.4. The first-order chi connectivity index (χ1) is 27.8. The van der Waals surface area contributed by atoms with Crippen molar-refractivity contribution in [1.29, 1.82) is 5.26 Å². The Bertz CT molecular complexity index is 2450. The van der Waals surface area contributed by atoms with Gasteiger partial charge in [-0.3, -0.25) is 4.79 Å². The third-order valence-corrected chi connectivity index (χ3v) is 11.5. The minimum absolute atomic E-state index is 0.0912. The second-order valence-corrected chi connectivity index (χ2v) is 14.9. The highest BCUT2D eigenvalue weighted by atomic mass is 16.5. The number of aliphatic hydroxyl groups is 1. The number of hydrogen-bond acceptors (Lipinski definition) is 11. The summed E-state index contributed by atoms with van der Waals surface area (Å²) < 4.78 is 25.3. The number of carboxylic acids is 1. The van der Waals surface area contributed by atoms with Gasteiger partial charge in [-0.25, -0.2) is 9.67 Å². The molecule has 0 unspecified atom stereocenters. The molecule has 2 aromatic heterocycles. The molecule has 0 radical (unpaired) electrons. The molecule has 6 aromatic rings. The molecule has 57 heavy (non-hydrogen) atoms. The second kappa shape index (κ2) is 16.4. The van der Waals surface area contributed by atoms with E-state index in [1.165, 1.54) is 0 Å². The van der Waals surface area contributed by atoms with Crippen LogP contribution in [0, 0.1) is 24.2 Å². The number of nitriles is 1. The van der Waals surface area contributed by atoms with Gasteiger partial charge in [-0.1, -0.05) is 24.3 Å². The fourth-order valence-electron chi connectivity index (χ4n) is 8.31. The number of aliphatic hydroxyl groups excluding tert-OH is 1. The number of nitrogens with zero attached hydrogens (tertiary/aromatic N) is 4. The molecule has 0 spiro atoms. The summed E-state index contributed by atoms with van der Waals surface area (Å²) in [6.07, 6.45) is 4.94. The first-order valence-corrected chi connectivity index (χ1v) is 19.4. The molecule has 0 amide bonds. The van der Waals surface area contributed by atoms with Crippen molar-refractivity contribution in [2.45, 2.75) is 70.3 Å². The zero-order valence-corrected chi connectivity index (χ0v) is 32.2. The Hall–Kier alpha value is -5.78. The summed E-state index contributed by atoms with van der Waals surface area (Å²) in [6.45, 7) is 3.95. The lowest BCUT2D eigenvalue weighted by molar-refractivity contribution is -0.142. The Balaban J connectivity index is 1.07. The first kappa shape index (κ1) is 38.1. The van der Waals surface area contributed by atoms with Crippen LogP contribution in [0.5, 0.6) is 11.5 Å². The van der Waals surface area contributed by atoms with Gasteiger partial charge in [0.15, 0.2) is 5.58 Å². The topological polar surface area (TPSA) is 177 Å². The summed E-state index contributed by atoms with van der Waals surface area (Å²) in [7, 11) is 3.26. The van der Waals surface area contributed by atoms with Crippen LogP contribution in [0.15, 0.2) is 71.3 Å². The van der Waals surface area contributed by atoms with Crippen molar-refractivity contribution in [1.82, 2.24) is 25.4 Å². The number of fused-ring (bicyclic) bond motifs is 2. The molecule has 0 bridgehead atoms. The highest BCUT2D eigenvalue weighted by molar-refractivity contribution is 5.97. The van der Waals surface area contributed by atoms with Gasteiger partial charge < -0.3 is 39.5 Å². The van der Waals surface area contributed by atoms with Crippen molar-refractivity contribution in [2.24, 2.45) is 5.92 Å².